The van der Waals surface area contributed by atoms with Crippen molar-refractivity contribution in [1.82, 2.24) is 5.32 Å². The third-order valence-corrected chi connectivity index (χ3v) is 3.66. The zero-order valence-electron chi connectivity index (χ0n) is 14.2. The van der Waals surface area contributed by atoms with Crippen LogP contribution in [0.15, 0.2) is 18.2 Å². The lowest BCUT2D eigenvalue weighted by molar-refractivity contribution is 0.328. The Balaban J connectivity index is 2.85. The van der Waals surface area contributed by atoms with E-state index in [4.69, 9.17) is 4.74 Å². The first-order valence-corrected chi connectivity index (χ1v) is 7.93. The molecule has 0 spiro atoms. The zero-order valence-corrected chi connectivity index (χ0v) is 14.2. The quantitative estimate of drug-likeness (QED) is 0.733. The largest absolute Gasteiger partial charge is 0.496 e. The Morgan fingerprint density at radius 2 is 1.62 bits per heavy atom. The molecule has 1 unspecified atom stereocenters. The van der Waals surface area contributed by atoms with Crippen molar-refractivity contribution in [2.45, 2.75) is 59.5 Å². The minimum atomic E-state index is -0.219. The SMILES string of the molecule is COc1ccc(F)cc1C(C)NC(CC(C)C)CC(C)C. The van der Waals surface area contributed by atoms with Gasteiger partial charge in [-0.05, 0) is 49.8 Å². The second kappa shape index (κ2) is 8.38. The van der Waals surface area contributed by atoms with Gasteiger partial charge in [-0.3, -0.25) is 0 Å². The Labute approximate surface area is 129 Å². The van der Waals surface area contributed by atoms with E-state index in [9.17, 15) is 4.39 Å². The minimum Gasteiger partial charge on any atom is -0.496 e. The number of hydrogen-bond donors (Lipinski definition) is 1. The summed E-state index contributed by atoms with van der Waals surface area (Å²) in [4.78, 5) is 0. The first kappa shape index (κ1) is 18.0. The first-order valence-electron chi connectivity index (χ1n) is 7.93. The molecule has 1 rings (SSSR count). The van der Waals surface area contributed by atoms with Crippen molar-refractivity contribution in [3.8, 4) is 5.75 Å². The molecule has 0 amide bonds. The smallest absolute Gasteiger partial charge is 0.123 e. The molecule has 0 aliphatic rings. The molecule has 120 valence electrons. The van der Waals surface area contributed by atoms with E-state index in [-0.39, 0.29) is 11.9 Å². The van der Waals surface area contributed by atoms with E-state index in [0.29, 0.717) is 17.9 Å². The number of ether oxygens (including phenoxy) is 1. The maximum absolute atomic E-state index is 13.5. The Hall–Kier alpha value is -1.09. The van der Waals surface area contributed by atoms with Crippen LogP contribution >= 0.6 is 0 Å². The molecule has 1 N–H and O–H groups in total. The lowest BCUT2D eigenvalue weighted by Crippen LogP contribution is -2.34. The molecule has 21 heavy (non-hydrogen) atoms. The lowest BCUT2D eigenvalue weighted by Gasteiger charge is -2.27. The van der Waals surface area contributed by atoms with E-state index in [1.807, 2.05) is 0 Å². The highest BCUT2D eigenvalue weighted by Gasteiger charge is 2.19. The number of rotatable bonds is 8. The molecular formula is C18H30FNO. The number of halogens is 1. The number of hydrogen-bond acceptors (Lipinski definition) is 2. The van der Waals surface area contributed by atoms with Gasteiger partial charge >= 0.3 is 0 Å². The van der Waals surface area contributed by atoms with Crippen LogP contribution in [-0.2, 0) is 0 Å². The van der Waals surface area contributed by atoms with Gasteiger partial charge in [-0.1, -0.05) is 27.7 Å². The Morgan fingerprint density at radius 3 is 2.10 bits per heavy atom. The Morgan fingerprint density at radius 1 is 1.05 bits per heavy atom. The molecule has 1 aromatic carbocycles. The van der Waals surface area contributed by atoms with Gasteiger partial charge in [-0.15, -0.1) is 0 Å². The highest BCUT2D eigenvalue weighted by Crippen LogP contribution is 2.27. The summed E-state index contributed by atoms with van der Waals surface area (Å²) in [6, 6.07) is 5.21. The van der Waals surface area contributed by atoms with Crippen molar-refractivity contribution < 1.29 is 9.13 Å². The summed E-state index contributed by atoms with van der Waals surface area (Å²) in [5.74, 6) is 1.80. The van der Waals surface area contributed by atoms with Crippen molar-refractivity contribution in [3.63, 3.8) is 0 Å². The van der Waals surface area contributed by atoms with Gasteiger partial charge in [0.15, 0.2) is 0 Å². The van der Waals surface area contributed by atoms with E-state index in [1.54, 1.807) is 19.2 Å². The molecule has 0 saturated heterocycles. The van der Waals surface area contributed by atoms with E-state index in [2.05, 4.69) is 39.9 Å². The van der Waals surface area contributed by atoms with Gasteiger partial charge in [-0.25, -0.2) is 4.39 Å². The first-order chi connectivity index (χ1) is 9.83. The molecule has 0 aromatic heterocycles. The van der Waals surface area contributed by atoms with Gasteiger partial charge in [0.05, 0.1) is 7.11 Å². The second-order valence-corrected chi connectivity index (χ2v) is 6.73. The highest BCUT2D eigenvalue weighted by molar-refractivity contribution is 5.36. The topological polar surface area (TPSA) is 21.3 Å². The monoisotopic (exact) mass is 295 g/mol. The van der Waals surface area contributed by atoms with E-state index >= 15 is 0 Å². The van der Waals surface area contributed by atoms with Gasteiger partial charge in [0, 0.05) is 17.6 Å². The Bertz CT molecular complexity index is 421. The van der Waals surface area contributed by atoms with Crippen molar-refractivity contribution in [2.75, 3.05) is 7.11 Å². The molecule has 0 bridgehead atoms. The number of methoxy groups -OCH3 is 1. The van der Waals surface area contributed by atoms with E-state index in [1.165, 1.54) is 6.07 Å². The summed E-state index contributed by atoms with van der Waals surface area (Å²) in [7, 11) is 1.63. The fourth-order valence-electron chi connectivity index (χ4n) is 2.86. The predicted octanol–water partition coefficient (Wildman–Crippen LogP) is 4.95. The maximum atomic E-state index is 13.5. The summed E-state index contributed by atoms with van der Waals surface area (Å²) in [6.45, 7) is 11.0. The van der Waals surface area contributed by atoms with Gasteiger partial charge in [-0.2, -0.15) is 0 Å². The maximum Gasteiger partial charge on any atom is 0.123 e. The normalized spacial score (nSPS) is 13.2. The van der Waals surface area contributed by atoms with Crippen molar-refractivity contribution in [1.29, 1.82) is 0 Å². The van der Waals surface area contributed by atoms with Crippen LogP contribution in [0, 0.1) is 17.7 Å². The average molecular weight is 295 g/mol. The molecule has 0 fully saturated rings. The molecule has 3 heteroatoms. The number of nitrogens with one attached hydrogen (secondary N) is 1. The third-order valence-electron chi connectivity index (χ3n) is 3.66. The highest BCUT2D eigenvalue weighted by atomic mass is 19.1. The van der Waals surface area contributed by atoms with Gasteiger partial charge in [0.25, 0.3) is 0 Å². The van der Waals surface area contributed by atoms with Crippen LogP contribution in [0.3, 0.4) is 0 Å². The van der Waals surface area contributed by atoms with Crippen molar-refractivity contribution in [3.05, 3.63) is 29.6 Å². The second-order valence-electron chi connectivity index (χ2n) is 6.73. The van der Waals surface area contributed by atoms with E-state index in [0.717, 1.165) is 24.2 Å². The fourth-order valence-corrected chi connectivity index (χ4v) is 2.86. The molecule has 1 aromatic rings. The molecule has 1 atom stereocenters. The number of benzene rings is 1. The van der Waals surface area contributed by atoms with Gasteiger partial charge in [0.1, 0.15) is 11.6 Å². The summed E-state index contributed by atoms with van der Waals surface area (Å²) in [5.41, 5.74) is 0.884. The summed E-state index contributed by atoms with van der Waals surface area (Å²) >= 11 is 0. The summed E-state index contributed by atoms with van der Waals surface area (Å²) in [6.07, 6.45) is 2.25. The fraction of sp³-hybridized carbons (Fsp3) is 0.667. The standard InChI is InChI=1S/C18H30FNO/c1-12(2)9-16(10-13(3)4)20-14(5)17-11-15(19)7-8-18(17)21-6/h7-8,11-14,16,20H,9-10H2,1-6H3. The van der Waals surface area contributed by atoms with Gasteiger partial charge < -0.3 is 10.1 Å². The van der Waals surface area contributed by atoms with Crippen molar-refractivity contribution >= 4 is 0 Å². The summed E-state index contributed by atoms with van der Waals surface area (Å²) < 4.78 is 18.9. The van der Waals surface area contributed by atoms with Crippen LogP contribution in [0.2, 0.25) is 0 Å². The van der Waals surface area contributed by atoms with Crippen LogP contribution in [0.4, 0.5) is 4.39 Å². The van der Waals surface area contributed by atoms with Crippen LogP contribution in [-0.4, -0.2) is 13.2 Å². The lowest BCUT2D eigenvalue weighted by atomic mass is 9.94. The van der Waals surface area contributed by atoms with Crippen LogP contribution in [0.1, 0.15) is 59.1 Å². The summed E-state index contributed by atoms with van der Waals surface area (Å²) in [5, 5.41) is 3.65. The van der Waals surface area contributed by atoms with Crippen LogP contribution in [0.25, 0.3) is 0 Å². The molecular weight excluding hydrogens is 265 g/mol. The van der Waals surface area contributed by atoms with Crippen LogP contribution < -0.4 is 10.1 Å². The van der Waals surface area contributed by atoms with E-state index < -0.39 is 0 Å². The molecule has 2 nitrogen and oxygen atoms in total. The molecule has 0 aliphatic carbocycles. The molecule has 0 radical (unpaired) electrons. The predicted molar refractivity (Wildman–Crippen MR) is 87.2 cm³/mol. The molecule has 0 heterocycles. The Kier molecular flexibility index (Phi) is 7.16. The zero-order chi connectivity index (χ0) is 16.0. The molecule has 0 saturated carbocycles. The van der Waals surface area contributed by atoms with Crippen molar-refractivity contribution in [2.24, 2.45) is 11.8 Å². The van der Waals surface area contributed by atoms with Gasteiger partial charge in [0.2, 0.25) is 0 Å². The van der Waals surface area contributed by atoms with Crippen LogP contribution in [0.5, 0.6) is 5.75 Å². The molecule has 0 aliphatic heterocycles. The third kappa shape index (κ3) is 6.04. The average Bonchev–Trinajstić information content (AvgIpc) is 2.36. The minimum absolute atomic E-state index is 0.0677.